The molecule has 27 heavy (non-hydrogen) atoms. The number of aryl methyl sites for hydroxylation is 2. The highest BCUT2D eigenvalue weighted by molar-refractivity contribution is 5.81. The van der Waals surface area contributed by atoms with Gasteiger partial charge in [-0.2, -0.15) is 9.61 Å². The van der Waals surface area contributed by atoms with Gasteiger partial charge in [-0.15, -0.1) is 0 Å². The van der Waals surface area contributed by atoms with Crippen LogP contribution in [0.15, 0.2) is 30.3 Å². The van der Waals surface area contributed by atoms with Crippen molar-refractivity contribution >= 4 is 11.5 Å². The van der Waals surface area contributed by atoms with E-state index in [-0.39, 0.29) is 6.10 Å². The molecular formula is C22H26N4O. The van der Waals surface area contributed by atoms with Gasteiger partial charge in [0.25, 0.3) is 0 Å². The van der Waals surface area contributed by atoms with E-state index in [0.717, 1.165) is 55.7 Å². The normalized spacial score (nSPS) is 18.1. The van der Waals surface area contributed by atoms with Crippen molar-refractivity contribution < 1.29 is 5.11 Å². The van der Waals surface area contributed by atoms with Crippen molar-refractivity contribution in [3.8, 4) is 11.1 Å². The molecule has 0 bridgehead atoms. The van der Waals surface area contributed by atoms with Gasteiger partial charge in [-0.05, 0) is 51.0 Å². The Bertz CT molecular complexity index is 971. The average Bonchev–Trinajstić information content (AvgIpc) is 3.03. The molecule has 3 heterocycles. The predicted octanol–water partition coefficient (Wildman–Crippen LogP) is 3.54. The first-order valence-electron chi connectivity index (χ1n) is 10.1. The Labute approximate surface area is 159 Å². The van der Waals surface area contributed by atoms with Crippen LogP contribution in [-0.2, 0) is 12.8 Å². The number of aromatic nitrogens is 3. The number of aliphatic hydroxyl groups excluding tert-OH is 1. The highest BCUT2D eigenvalue weighted by Gasteiger charge is 2.28. The molecule has 5 nitrogen and oxygen atoms in total. The van der Waals surface area contributed by atoms with Crippen LogP contribution >= 0.6 is 0 Å². The van der Waals surface area contributed by atoms with Crippen molar-refractivity contribution in [3.05, 3.63) is 47.3 Å². The van der Waals surface area contributed by atoms with Gasteiger partial charge in [-0.25, -0.2) is 4.98 Å². The monoisotopic (exact) mass is 362 g/mol. The van der Waals surface area contributed by atoms with Crippen LogP contribution < -0.4 is 4.90 Å². The number of nitrogens with zero attached hydrogens (tertiary/aromatic N) is 4. The summed E-state index contributed by atoms with van der Waals surface area (Å²) >= 11 is 0. The smallest absolute Gasteiger partial charge is 0.165 e. The first-order valence-corrected chi connectivity index (χ1v) is 10.1. The number of fused-ring (bicyclic) bond motifs is 2. The van der Waals surface area contributed by atoms with Crippen molar-refractivity contribution in [2.75, 3.05) is 18.0 Å². The lowest BCUT2D eigenvalue weighted by Gasteiger charge is -2.34. The fourth-order valence-corrected chi connectivity index (χ4v) is 4.62. The first-order chi connectivity index (χ1) is 13.2. The zero-order valence-corrected chi connectivity index (χ0v) is 15.9. The molecule has 0 spiro atoms. The fraction of sp³-hybridized carbons (Fsp3) is 0.455. The summed E-state index contributed by atoms with van der Waals surface area (Å²) in [5.74, 6) is 1.21. The van der Waals surface area contributed by atoms with E-state index in [1.54, 1.807) is 0 Å². The molecule has 0 unspecified atom stereocenters. The molecule has 1 N–H and O–H groups in total. The summed E-state index contributed by atoms with van der Waals surface area (Å²) < 4.78 is 2.08. The number of hydrogen-bond acceptors (Lipinski definition) is 4. The molecule has 1 saturated heterocycles. The summed E-state index contributed by atoms with van der Waals surface area (Å²) in [6, 6.07) is 10.5. The van der Waals surface area contributed by atoms with Crippen LogP contribution in [0.25, 0.3) is 16.8 Å². The van der Waals surface area contributed by atoms with Crippen LogP contribution in [0.5, 0.6) is 0 Å². The Balaban J connectivity index is 1.75. The van der Waals surface area contributed by atoms with Gasteiger partial charge in [0, 0.05) is 29.9 Å². The standard InChI is InChI=1S/C22H26N4O/c1-15-20(16-7-3-2-4-8-16)21-23-19-10-6-5-9-18(19)22(26(21)24-15)25-13-11-17(27)12-14-25/h2-4,7-8,17,27H,5-6,9-14H2,1H3. The van der Waals surface area contributed by atoms with Crippen molar-refractivity contribution in [1.29, 1.82) is 0 Å². The number of anilines is 1. The van der Waals surface area contributed by atoms with Gasteiger partial charge < -0.3 is 10.0 Å². The van der Waals surface area contributed by atoms with E-state index in [9.17, 15) is 5.11 Å². The summed E-state index contributed by atoms with van der Waals surface area (Å²) in [5, 5.41) is 14.9. The summed E-state index contributed by atoms with van der Waals surface area (Å²) in [7, 11) is 0. The number of benzene rings is 1. The van der Waals surface area contributed by atoms with E-state index in [1.807, 2.05) is 6.07 Å². The number of piperidine rings is 1. The third-order valence-corrected chi connectivity index (χ3v) is 6.01. The molecule has 1 fully saturated rings. The maximum atomic E-state index is 9.96. The van der Waals surface area contributed by atoms with E-state index in [1.165, 1.54) is 35.5 Å². The molecule has 5 rings (SSSR count). The molecular weight excluding hydrogens is 336 g/mol. The molecule has 3 aromatic rings. The van der Waals surface area contributed by atoms with E-state index in [2.05, 4.69) is 40.6 Å². The largest absolute Gasteiger partial charge is 0.393 e. The average molecular weight is 362 g/mol. The molecule has 0 radical (unpaired) electrons. The second-order valence-corrected chi connectivity index (χ2v) is 7.85. The zero-order valence-electron chi connectivity index (χ0n) is 15.9. The molecule has 1 aliphatic heterocycles. The summed E-state index contributed by atoms with van der Waals surface area (Å²) in [4.78, 5) is 7.53. The molecule has 0 saturated carbocycles. The van der Waals surface area contributed by atoms with Gasteiger partial charge in [-0.1, -0.05) is 30.3 Å². The van der Waals surface area contributed by atoms with Gasteiger partial charge in [0.15, 0.2) is 5.65 Å². The van der Waals surface area contributed by atoms with Crippen molar-refractivity contribution in [2.24, 2.45) is 0 Å². The van der Waals surface area contributed by atoms with Crippen molar-refractivity contribution in [3.63, 3.8) is 0 Å². The molecule has 2 aliphatic rings. The lowest BCUT2D eigenvalue weighted by molar-refractivity contribution is 0.145. The van der Waals surface area contributed by atoms with Gasteiger partial charge in [0.1, 0.15) is 5.82 Å². The minimum atomic E-state index is -0.173. The van der Waals surface area contributed by atoms with Gasteiger partial charge in [-0.3, -0.25) is 0 Å². The van der Waals surface area contributed by atoms with Gasteiger partial charge in [0.05, 0.1) is 11.8 Å². The fourth-order valence-electron chi connectivity index (χ4n) is 4.62. The molecule has 140 valence electrons. The molecule has 5 heteroatoms. The Morgan fingerprint density at radius 3 is 2.56 bits per heavy atom. The quantitative estimate of drug-likeness (QED) is 0.758. The Hall–Kier alpha value is -2.40. The summed E-state index contributed by atoms with van der Waals surface area (Å²) in [6.45, 7) is 3.85. The Kier molecular flexibility index (Phi) is 4.12. The van der Waals surface area contributed by atoms with E-state index in [0.29, 0.717) is 0 Å². The third-order valence-electron chi connectivity index (χ3n) is 6.01. The van der Waals surface area contributed by atoms with Crippen LogP contribution in [0.1, 0.15) is 42.6 Å². The molecule has 1 aliphatic carbocycles. The maximum absolute atomic E-state index is 9.96. The minimum Gasteiger partial charge on any atom is -0.393 e. The second kappa shape index (κ2) is 6.64. The lowest BCUT2D eigenvalue weighted by atomic mass is 9.95. The molecule has 1 aromatic carbocycles. The number of rotatable bonds is 2. The summed E-state index contributed by atoms with van der Waals surface area (Å²) in [6.07, 6.45) is 6.03. The SMILES string of the molecule is Cc1nn2c(N3CCC(O)CC3)c3c(nc2c1-c1ccccc1)CCCC3. The highest BCUT2D eigenvalue weighted by atomic mass is 16.3. The maximum Gasteiger partial charge on any atom is 0.165 e. The Morgan fingerprint density at radius 1 is 1.04 bits per heavy atom. The van der Waals surface area contributed by atoms with E-state index >= 15 is 0 Å². The number of aliphatic hydroxyl groups is 1. The van der Waals surface area contributed by atoms with Gasteiger partial charge >= 0.3 is 0 Å². The predicted molar refractivity (Wildman–Crippen MR) is 107 cm³/mol. The third kappa shape index (κ3) is 2.81. The van der Waals surface area contributed by atoms with Gasteiger partial charge in [0.2, 0.25) is 0 Å². The molecule has 2 aromatic heterocycles. The number of hydrogen-bond donors (Lipinski definition) is 1. The van der Waals surface area contributed by atoms with Crippen LogP contribution in [0.2, 0.25) is 0 Å². The second-order valence-electron chi connectivity index (χ2n) is 7.85. The molecule has 0 atom stereocenters. The van der Waals surface area contributed by atoms with Crippen LogP contribution in [0, 0.1) is 6.92 Å². The van der Waals surface area contributed by atoms with Crippen molar-refractivity contribution in [2.45, 2.75) is 51.6 Å². The zero-order chi connectivity index (χ0) is 18.4. The lowest BCUT2D eigenvalue weighted by Crippen LogP contribution is -2.38. The Morgan fingerprint density at radius 2 is 1.78 bits per heavy atom. The van der Waals surface area contributed by atoms with E-state index in [4.69, 9.17) is 10.1 Å². The molecule has 0 amide bonds. The van der Waals surface area contributed by atoms with Crippen LogP contribution in [0.3, 0.4) is 0 Å². The van der Waals surface area contributed by atoms with Crippen molar-refractivity contribution in [1.82, 2.24) is 14.6 Å². The summed E-state index contributed by atoms with van der Waals surface area (Å²) in [5.41, 5.74) is 6.92. The van der Waals surface area contributed by atoms with Crippen LogP contribution in [0.4, 0.5) is 5.82 Å². The topological polar surface area (TPSA) is 53.7 Å². The highest BCUT2D eigenvalue weighted by Crippen LogP contribution is 2.36. The first kappa shape index (κ1) is 16.8. The van der Waals surface area contributed by atoms with E-state index < -0.39 is 0 Å². The minimum absolute atomic E-state index is 0.173. The van der Waals surface area contributed by atoms with Crippen LogP contribution in [-0.4, -0.2) is 38.9 Å².